The van der Waals surface area contributed by atoms with E-state index in [2.05, 4.69) is 33.1 Å². The second kappa shape index (κ2) is 5.95. The van der Waals surface area contributed by atoms with Crippen molar-refractivity contribution >= 4 is 33.2 Å². The van der Waals surface area contributed by atoms with Crippen LogP contribution in [0.4, 0.5) is 5.69 Å². The molecule has 1 rings (SSSR count). The molecular formula is C11H11BrClN. The Labute approximate surface area is 98.0 Å². The maximum atomic E-state index is 5.99. The molecule has 0 saturated heterocycles. The van der Waals surface area contributed by atoms with Gasteiger partial charge in [0.2, 0.25) is 0 Å². The summed E-state index contributed by atoms with van der Waals surface area (Å²) in [5.74, 6) is 5.83. The lowest BCUT2D eigenvalue weighted by molar-refractivity contribution is 1.10. The standard InChI is InChI=1S/C11H11BrClN/c1-2-3-4-7-14-11-8-9(12)5-6-10(11)13/h5-6,8,14H,4,7H2,1H3. The minimum Gasteiger partial charge on any atom is -0.383 e. The van der Waals surface area contributed by atoms with E-state index >= 15 is 0 Å². The van der Waals surface area contributed by atoms with E-state index in [-0.39, 0.29) is 0 Å². The molecule has 1 aromatic carbocycles. The number of hydrogen-bond acceptors (Lipinski definition) is 1. The zero-order chi connectivity index (χ0) is 10.4. The van der Waals surface area contributed by atoms with E-state index in [1.54, 1.807) is 0 Å². The van der Waals surface area contributed by atoms with Gasteiger partial charge in [0.25, 0.3) is 0 Å². The highest BCUT2D eigenvalue weighted by molar-refractivity contribution is 9.10. The van der Waals surface area contributed by atoms with E-state index in [4.69, 9.17) is 11.6 Å². The van der Waals surface area contributed by atoms with Gasteiger partial charge in [-0.3, -0.25) is 0 Å². The molecule has 1 N–H and O–H groups in total. The Balaban J connectivity index is 2.56. The summed E-state index contributed by atoms with van der Waals surface area (Å²) in [5.41, 5.74) is 0.943. The number of rotatable bonds is 3. The third-order valence-electron chi connectivity index (χ3n) is 1.67. The van der Waals surface area contributed by atoms with Gasteiger partial charge in [0.05, 0.1) is 10.7 Å². The van der Waals surface area contributed by atoms with E-state index < -0.39 is 0 Å². The van der Waals surface area contributed by atoms with Gasteiger partial charge in [0, 0.05) is 17.4 Å². The lowest BCUT2D eigenvalue weighted by atomic mass is 10.3. The van der Waals surface area contributed by atoms with Gasteiger partial charge in [-0.1, -0.05) is 27.5 Å². The van der Waals surface area contributed by atoms with Crippen LogP contribution in [0.2, 0.25) is 5.02 Å². The molecule has 3 heteroatoms. The Morgan fingerprint density at radius 3 is 3.00 bits per heavy atom. The molecule has 0 fully saturated rings. The minimum atomic E-state index is 0.734. The molecule has 0 saturated carbocycles. The average Bonchev–Trinajstić information content (AvgIpc) is 2.18. The topological polar surface area (TPSA) is 12.0 Å². The molecule has 0 aliphatic heterocycles. The maximum absolute atomic E-state index is 5.99. The van der Waals surface area contributed by atoms with Crippen molar-refractivity contribution in [1.82, 2.24) is 0 Å². The first kappa shape index (κ1) is 11.4. The molecule has 0 aromatic heterocycles. The summed E-state index contributed by atoms with van der Waals surface area (Å²) in [4.78, 5) is 0. The summed E-state index contributed by atoms with van der Waals surface area (Å²) < 4.78 is 1.02. The summed E-state index contributed by atoms with van der Waals surface area (Å²) in [7, 11) is 0. The molecule has 0 heterocycles. The fourth-order valence-corrected chi connectivity index (χ4v) is 1.56. The van der Waals surface area contributed by atoms with Gasteiger partial charge < -0.3 is 5.32 Å². The number of halogens is 2. The van der Waals surface area contributed by atoms with Crippen LogP contribution in [-0.2, 0) is 0 Å². The molecule has 14 heavy (non-hydrogen) atoms. The highest BCUT2D eigenvalue weighted by Crippen LogP contribution is 2.25. The van der Waals surface area contributed by atoms with Crippen LogP contribution >= 0.6 is 27.5 Å². The number of hydrogen-bond donors (Lipinski definition) is 1. The van der Waals surface area contributed by atoms with Crippen molar-refractivity contribution in [3.05, 3.63) is 27.7 Å². The van der Waals surface area contributed by atoms with Crippen molar-refractivity contribution in [2.75, 3.05) is 11.9 Å². The van der Waals surface area contributed by atoms with Gasteiger partial charge in [-0.2, -0.15) is 0 Å². The molecule has 0 aliphatic carbocycles. The van der Waals surface area contributed by atoms with Crippen LogP contribution < -0.4 is 5.32 Å². The number of anilines is 1. The highest BCUT2D eigenvalue weighted by atomic mass is 79.9. The second-order valence-electron chi connectivity index (χ2n) is 2.73. The summed E-state index contributed by atoms with van der Waals surface area (Å²) in [6, 6.07) is 5.74. The van der Waals surface area contributed by atoms with Crippen molar-refractivity contribution in [1.29, 1.82) is 0 Å². The number of nitrogens with one attached hydrogen (secondary N) is 1. The van der Waals surface area contributed by atoms with Crippen LogP contribution in [0, 0.1) is 11.8 Å². The molecule has 0 aliphatic rings. The van der Waals surface area contributed by atoms with E-state index in [1.165, 1.54) is 0 Å². The minimum absolute atomic E-state index is 0.734. The molecule has 0 bridgehead atoms. The molecule has 0 amide bonds. The Bertz CT molecular complexity index is 365. The fraction of sp³-hybridized carbons (Fsp3) is 0.273. The van der Waals surface area contributed by atoms with Crippen LogP contribution in [0.15, 0.2) is 22.7 Å². The van der Waals surface area contributed by atoms with Gasteiger partial charge in [-0.15, -0.1) is 11.8 Å². The monoisotopic (exact) mass is 271 g/mol. The average molecular weight is 273 g/mol. The third kappa shape index (κ3) is 3.61. The van der Waals surface area contributed by atoms with Crippen LogP contribution in [0.5, 0.6) is 0 Å². The van der Waals surface area contributed by atoms with Crippen LogP contribution in [0.3, 0.4) is 0 Å². The first-order valence-electron chi connectivity index (χ1n) is 4.32. The zero-order valence-electron chi connectivity index (χ0n) is 7.90. The summed E-state index contributed by atoms with van der Waals surface area (Å²) >= 11 is 9.38. The van der Waals surface area contributed by atoms with E-state index in [9.17, 15) is 0 Å². The van der Waals surface area contributed by atoms with Gasteiger partial charge in [-0.25, -0.2) is 0 Å². The SMILES string of the molecule is CC#CCCNc1cc(Br)ccc1Cl. The molecule has 1 nitrogen and oxygen atoms in total. The maximum Gasteiger partial charge on any atom is 0.0638 e. The molecule has 0 radical (unpaired) electrons. The summed E-state index contributed by atoms with van der Waals surface area (Å²) in [6.07, 6.45) is 0.833. The molecule has 0 atom stereocenters. The molecular weight excluding hydrogens is 261 g/mol. The normalized spacial score (nSPS) is 9.07. The Kier molecular flexibility index (Phi) is 4.86. The lowest BCUT2D eigenvalue weighted by Gasteiger charge is -2.06. The highest BCUT2D eigenvalue weighted by Gasteiger charge is 1.98. The van der Waals surface area contributed by atoms with Crippen molar-refractivity contribution in [2.45, 2.75) is 13.3 Å². The van der Waals surface area contributed by atoms with E-state index in [0.29, 0.717) is 0 Å². The first-order chi connectivity index (χ1) is 6.74. The van der Waals surface area contributed by atoms with Crippen molar-refractivity contribution < 1.29 is 0 Å². The van der Waals surface area contributed by atoms with Gasteiger partial charge in [0.15, 0.2) is 0 Å². The Morgan fingerprint density at radius 2 is 2.29 bits per heavy atom. The third-order valence-corrected chi connectivity index (χ3v) is 2.49. The molecule has 1 aromatic rings. The van der Waals surface area contributed by atoms with Gasteiger partial charge in [-0.05, 0) is 25.1 Å². The first-order valence-corrected chi connectivity index (χ1v) is 5.49. The summed E-state index contributed by atoms with van der Waals surface area (Å²) in [6.45, 7) is 2.66. The van der Waals surface area contributed by atoms with Crippen LogP contribution in [0.25, 0.3) is 0 Å². The van der Waals surface area contributed by atoms with Gasteiger partial charge in [0.1, 0.15) is 0 Å². The second-order valence-corrected chi connectivity index (χ2v) is 4.05. The van der Waals surface area contributed by atoms with E-state index in [1.807, 2.05) is 25.1 Å². The largest absolute Gasteiger partial charge is 0.383 e. The fourth-order valence-electron chi connectivity index (χ4n) is 1.02. The van der Waals surface area contributed by atoms with Crippen molar-refractivity contribution in [3.63, 3.8) is 0 Å². The Hall–Kier alpha value is -0.650. The predicted octanol–water partition coefficient (Wildman–Crippen LogP) is 3.93. The molecule has 0 spiro atoms. The lowest BCUT2D eigenvalue weighted by Crippen LogP contribution is -2.00. The smallest absolute Gasteiger partial charge is 0.0638 e. The zero-order valence-corrected chi connectivity index (χ0v) is 10.2. The Morgan fingerprint density at radius 1 is 1.50 bits per heavy atom. The molecule has 0 unspecified atom stereocenters. The van der Waals surface area contributed by atoms with Gasteiger partial charge >= 0.3 is 0 Å². The quantitative estimate of drug-likeness (QED) is 0.649. The van der Waals surface area contributed by atoms with Crippen LogP contribution in [-0.4, -0.2) is 6.54 Å². The predicted molar refractivity (Wildman–Crippen MR) is 65.7 cm³/mol. The van der Waals surface area contributed by atoms with Crippen molar-refractivity contribution in [2.24, 2.45) is 0 Å². The number of benzene rings is 1. The van der Waals surface area contributed by atoms with Crippen molar-refractivity contribution in [3.8, 4) is 11.8 Å². The van der Waals surface area contributed by atoms with E-state index in [0.717, 1.165) is 28.1 Å². The summed E-state index contributed by atoms with van der Waals surface area (Å²) in [5, 5.41) is 3.96. The molecule has 74 valence electrons. The van der Waals surface area contributed by atoms with Crippen LogP contribution in [0.1, 0.15) is 13.3 Å².